The first-order valence-electron chi connectivity index (χ1n) is 17.8. The molecular formula is C37H55BN6O6. The molecule has 0 spiro atoms. The number of aryl methyl sites for hydroxylation is 1. The first kappa shape index (κ1) is 39.1. The number of methoxy groups -OCH3 is 1. The third-order valence-electron chi connectivity index (χ3n) is 10.7. The normalized spacial score (nSPS) is 32.8. The molecule has 3 N–H and O–H groups in total. The highest BCUT2D eigenvalue weighted by molar-refractivity contribution is 6.15. The van der Waals surface area contributed by atoms with Crippen molar-refractivity contribution in [2.45, 2.75) is 115 Å². The maximum absolute atomic E-state index is 13.7. The summed E-state index contributed by atoms with van der Waals surface area (Å²) >= 11 is 0. The molecule has 2 saturated heterocycles. The Balaban J connectivity index is 1.60. The molecule has 50 heavy (non-hydrogen) atoms. The van der Waals surface area contributed by atoms with Crippen LogP contribution in [-0.2, 0) is 30.3 Å². The summed E-state index contributed by atoms with van der Waals surface area (Å²) in [4.78, 5) is 42.7. The Hall–Kier alpha value is -3.71. The Morgan fingerprint density at radius 3 is 2.56 bits per heavy atom. The number of nitrogens with one attached hydrogen (secondary N) is 1. The Kier molecular flexibility index (Phi) is 12.9. The molecule has 1 aromatic heterocycles. The third kappa shape index (κ3) is 8.42. The minimum Gasteiger partial charge on any atom is -0.458 e. The Morgan fingerprint density at radius 1 is 1.18 bits per heavy atom. The number of nitrogen functional groups attached to an aromatic ring is 1. The van der Waals surface area contributed by atoms with Crippen molar-refractivity contribution in [3.63, 3.8) is 0 Å². The molecule has 12 nitrogen and oxygen atoms in total. The molecule has 4 rings (SSSR count). The molecule has 0 unspecified atom stereocenters. The van der Waals surface area contributed by atoms with Gasteiger partial charge in [-0.25, -0.2) is 4.79 Å². The summed E-state index contributed by atoms with van der Waals surface area (Å²) < 4.78 is 20.0. The van der Waals surface area contributed by atoms with Crippen LogP contribution in [0.25, 0.3) is 11.3 Å². The quantitative estimate of drug-likeness (QED) is 0.0872. The number of hydrogen-bond donors (Lipinski definition) is 2. The van der Waals surface area contributed by atoms with E-state index in [0.717, 1.165) is 17.7 Å². The first-order valence-corrected chi connectivity index (χ1v) is 17.8. The number of esters is 1. The van der Waals surface area contributed by atoms with Gasteiger partial charge in [0, 0.05) is 43.4 Å². The van der Waals surface area contributed by atoms with Crippen LogP contribution in [0.3, 0.4) is 0 Å². The van der Waals surface area contributed by atoms with Crippen molar-refractivity contribution < 1.29 is 28.6 Å². The number of unbranched alkanes of at least 4 members (excludes halogenated alkanes) is 1. The molecular weight excluding hydrogens is 635 g/mol. The molecule has 0 aliphatic carbocycles. The summed E-state index contributed by atoms with van der Waals surface area (Å²) in [7, 11) is 8.28. The topological polar surface area (TPSA) is 151 Å². The summed E-state index contributed by atoms with van der Waals surface area (Å²) in [6.07, 6.45) is 5.28. The summed E-state index contributed by atoms with van der Waals surface area (Å²) in [5.41, 5.74) is 6.18. The minimum atomic E-state index is -1.21. The van der Waals surface area contributed by atoms with E-state index < -0.39 is 53.1 Å². The fourth-order valence-electron chi connectivity index (χ4n) is 7.67. The van der Waals surface area contributed by atoms with E-state index in [4.69, 9.17) is 27.8 Å². The molecule has 0 saturated carbocycles. The van der Waals surface area contributed by atoms with Crippen molar-refractivity contribution in [2.75, 3.05) is 25.9 Å². The van der Waals surface area contributed by atoms with Gasteiger partial charge in [0.1, 0.15) is 23.5 Å². The molecule has 3 heterocycles. The second-order valence-corrected chi connectivity index (χ2v) is 14.5. The van der Waals surface area contributed by atoms with Crippen molar-refractivity contribution in [3.8, 4) is 11.3 Å². The van der Waals surface area contributed by atoms with Gasteiger partial charge in [0.2, 0.25) is 0 Å². The lowest BCUT2D eigenvalue weighted by Gasteiger charge is -2.42. The van der Waals surface area contributed by atoms with E-state index in [-0.39, 0.29) is 17.7 Å². The second kappa shape index (κ2) is 16.5. The molecule has 9 atom stereocenters. The number of rotatable bonds is 10. The lowest BCUT2D eigenvalue weighted by atomic mass is 9.62. The van der Waals surface area contributed by atoms with Gasteiger partial charge in [-0.1, -0.05) is 44.2 Å². The van der Waals surface area contributed by atoms with E-state index in [9.17, 15) is 14.4 Å². The number of anilines is 1. The molecule has 2 fully saturated rings. The number of nitrogens with two attached hydrogens (primary N) is 1. The summed E-state index contributed by atoms with van der Waals surface area (Å²) in [5, 5.41) is 12.3. The minimum absolute atomic E-state index is 0.0839. The highest BCUT2D eigenvalue weighted by atomic mass is 16.6. The number of Topliss-reactive ketones (excluding diaryl/α,β-unsaturated/α-hetero) is 1. The number of nitrogens with zero attached hydrogens (tertiary/aromatic N) is 4. The number of aromatic nitrogens is 3. The fraction of sp³-hybridized carbons (Fsp3) is 0.649. The van der Waals surface area contributed by atoms with Crippen LogP contribution in [-0.4, -0.2) is 95.2 Å². The van der Waals surface area contributed by atoms with Crippen LogP contribution in [0.5, 0.6) is 0 Å². The van der Waals surface area contributed by atoms with E-state index in [1.54, 1.807) is 30.5 Å². The average molecular weight is 691 g/mol. The largest absolute Gasteiger partial charge is 0.458 e. The summed E-state index contributed by atoms with van der Waals surface area (Å²) in [6.45, 7) is 16.6. The first-order chi connectivity index (χ1) is 23.7. The number of carbonyl (C=O) groups is 3. The van der Waals surface area contributed by atoms with Crippen molar-refractivity contribution >= 4 is 31.4 Å². The lowest BCUT2D eigenvalue weighted by molar-refractivity contribution is -0.170. The molecule has 272 valence electrons. The van der Waals surface area contributed by atoms with E-state index in [0.29, 0.717) is 51.0 Å². The average Bonchev–Trinajstić information content (AvgIpc) is 3.67. The number of amides is 1. The highest BCUT2D eigenvalue weighted by Gasteiger charge is 2.59. The van der Waals surface area contributed by atoms with Crippen molar-refractivity contribution in [3.05, 3.63) is 43.1 Å². The van der Waals surface area contributed by atoms with Crippen LogP contribution in [0, 0.1) is 17.8 Å². The number of benzene rings is 1. The van der Waals surface area contributed by atoms with Gasteiger partial charge in [0.25, 0.3) is 0 Å². The smallest absolute Gasteiger partial charge is 0.410 e. The highest BCUT2D eigenvalue weighted by Crippen LogP contribution is 2.41. The monoisotopic (exact) mass is 690 g/mol. The molecule has 1 aromatic carbocycles. The molecule has 13 heteroatoms. The van der Waals surface area contributed by atoms with E-state index >= 15 is 0 Å². The number of cyclic esters (lactones) is 1. The predicted molar refractivity (Wildman–Crippen MR) is 193 cm³/mol. The number of ether oxygens (including phenoxy) is 3. The van der Waals surface area contributed by atoms with Gasteiger partial charge in [-0.2, -0.15) is 0 Å². The number of hydrogen-bond acceptors (Lipinski definition) is 10. The van der Waals surface area contributed by atoms with Gasteiger partial charge in [0.05, 0.1) is 25.7 Å². The van der Waals surface area contributed by atoms with Crippen LogP contribution in [0.2, 0.25) is 5.82 Å². The fourth-order valence-corrected chi connectivity index (χ4v) is 7.67. The van der Waals surface area contributed by atoms with E-state index in [1.807, 2.05) is 57.3 Å². The van der Waals surface area contributed by atoms with Crippen molar-refractivity contribution in [1.29, 1.82) is 0 Å². The predicted octanol–water partition coefficient (Wildman–Crippen LogP) is 4.99. The Morgan fingerprint density at radius 2 is 1.90 bits per heavy atom. The Labute approximate surface area is 298 Å². The maximum Gasteiger partial charge on any atom is 0.410 e. The molecule has 1 amide bonds. The van der Waals surface area contributed by atoms with Gasteiger partial charge in [-0.15, -0.1) is 11.7 Å². The van der Waals surface area contributed by atoms with Crippen molar-refractivity contribution in [1.82, 2.24) is 25.2 Å². The van der Waals surface area contributed by atoms with Crippen LogP contribution in [0.4, 0.5) is 10.5 Å². The summed E-state index contributed by atoms with van der Waals surface area (Å²) in [5.74, 6) is -3.28. The zero-order chi connectivity index (χ0) is 36.8. The van der Waals surface area contributed by atoms with E-state index in [2.05, 4.69) is 29.1 Å². The SMILES string of the molecule is [B][C@@H]1[C@@H](C)C(=O)[C@@H](C)C(=O)O[C@H](CC)[C@@]2(C)OC(=O)N(CCCCn3cc(-c4cccc(N)c4)nn3)[C@@H]2[C@@H](CC=C)NC[C@H](C)C[C@@]1(C)OC. The Bertz CT molecular complexity index is 1500. The van der Waals surface area contributed by atoms with Crippen LogP contribution in [0.1, 0.15) is 73.6 Å². The third-order valence-corrected chi connectivity index (χ3v) is 10.7. The van der Waals surface area contributed by atoms with Gasteiger partial charge >= 0.3 is 12.1 Å². The molecule has 2 aliphatic heterocycles. The van der Waals surface area contributed by atoms with Gasteiger partial charge in [-0.3, -0.25) is 19.2 Å². The standard InChI is InChI=1S/C37H55BN6O6/c1-9-14-28-33-37(7,50-35(47)44(33)18-12-11-17-43-22-29(41-42-43)26-15-13-16-27(39)19-26)30(10-2)49-34(46)25(5)31(45)24(4)32(38)36(6,48-8)20-23(3)21-40-28/h9,13,15-16,19,22-25,28,30,32-33,40H,1,10-12,14,17-18,20-21,39H2,2-8H3/t23-,24+,25-,28-,30-,32-,33-,36-,37-/m1/s1. The van der Waals surface area contributed by atoms with Crippen LogP contribution >= 0.6 is 0 Å². The molecule has 2 aliphatic rings. The second-order valence-electron chi connectivity index (χ2n) is 14.5. The van der Waals surface area contributed by atoms with Gasteiger partial charge in [0.15, 0.2) is 5.60 Å². The molecule has 2 radical (unpaired) electrons. The molecule has 2 aromatic rings. The lowest BCUT2D eigenvalue weighted by Crippen LogP contribution is -2.61. The van der Waals surface area contributed by atoms with Crippen LogP contribution < -0.4 is 11.1 Å². The number of ketones is 1. The van der Waals surface area contributed by atoms with Gasteiger partial charge < -0.3 is 25.3 Å². The van der Waals surface area contributed by atoms with Crippen LogP contribution in [0.15, 0.2) is 43.1 Å². The zero-order valence-electron chi connectivity index (χ0n) is 30.8. The number of carbonyl (C=O) groups excluding carboxylic acids is 3. The number of fused-ring (bicyclic) bond motifs is 1. The van der Waals surface area contributed by atoms with Gasteiger partial charge in [-0.05, 0) is 83.3 Å². The van der Waals surface area contributed by atoms with Crippen molar-refractivity contribution in [2.24, 2.45) is 17.8 Å². The molecule has 0 bridgehead atoms. The zero-order valence-corrected chi connectivity index (χ0v) is 30.8. The summed E-state index contributed by atoms with van der Waals surface area (Å²) in [6, 6.07) is 6.72. The van der Waals surface area contributed by atoms with E-state index in [1.165, 1.54) is 0 Å². The maximum atomic E-state index is 13.7.